The summed E-state index contributed by atoms with van der Waals surface area (Å²) in [5, 5.41) is 35.6. The van der Waals surface area contributed by atoms with E-state index in [-0.39, 0.29) is 29.7 Å². The molecule has 2 heterocycles. The van der Waals surface area contributed by atoms with E-state index in [2.05, 4.69) is 18.4 Å². The van der Waals surface area contributed by atoms with Crippen molar-refractivity contribution in [2.75, 3.05) is 13.1 Å². The van der Waals surface area contributed by atoms with E-state index in [1.165, 1.54) is 0 Å². The van der Waals surface area contributed by atoms with Crippen molar-refractivity contribution in [3.8, 4) is 0 Å². The molecule has 2 aliphatic heterocycles. The highest BCUT2D eigenvalue weighted by Gasteiger charge is 2.80. The largest absolute Gasteiger partial charge is 0.456 e. The minimum Gasteiger partial charge on any atom is -0.456 e. The molecule has 6 heteroatoms. The smallest absolute Gasteiger partial charge is 0.338 e. The van der Waals surface area contributed by atoms with E-state index in [1.54, 1.807) is 24.3 Å². The fourth-order valence-corrected chi connectivity index (χ4v) is 9.81. The molecule has 0 unspecified atom stereocenters. The third-order valence-corrected chi connectivity index (χ3v) is 11.0. The highest BCUT2D eigenvalue weighted by Crippen LogP contribution is 2.75. The Balaban J connectivity index is 1.32. The van der Waals surface area contributed by atoms with Gasteiger partial charge in [0, 0.05) is 30.0 Å². The lowest BCUT2D eigenvalue weighted by atomic mass is 9.35. The highest BCUT2D eigenvalue weighted by atomic mass is 16.6. The van der Waals surface area contributed by atoms with Gasteiger partial charge in [0.25, 0.3) is 0 Å². The van der Waals surface area contributed by atoms with E-state index in [4.69, 9.17) is 4.74 Å². The average Bonchev–Trinajstić information content (AvgIpc) is 3.10. The molecule has 6 nitrogen and oxygen atoms in total. The van der Waals surface area contributed by atoms with Crippen molar-refractivity contribution >= 4 is 5.97 Å². The van der Waals surface area contributed by atoms with Gasteiger partial charge in [-0.25, -0.2) is 4.79 Å². The molecule has 5 aliphatic carbocycles. The minimum absolute atomic E-state index is 0.121. The van der Waals surface area contributed by atoms with Gasteiger partial charge >= 0.3 is 5.97 Å². The summed E-state index contributed by atoms with van der Waals surface area (Å²) in [5.74, 6) is -0.0935. The third kappa shape index (κ3) is 2.23. The average molecular weight is 452 g/mol. The lowest BCUT2D eigenvalue weighted by Gasteiger charge is -2.74. The van der Waals surface area contributed by atoms with Crippen molar-refractivity contribution in [1.29, 1.82) is 0 Å². The van der Waals surface area contributed by atoms with Crippen LogP contribution in [0.2, 0.25) is 0 Å². The number of aliphatic hydroxyl groups is 3. The molecule has 5 saturated carbocycles. The van der Waals surface area contributed by atoms with Gasteiger partial charge in [0.1, 0.15) is 6.10 Å². The van der Waals surface area contributed by atoms with Gasteiger partial charge in [-0.2, -0.15) is 0 Å². The Kier molecular flexibility index (Phi) is 3.92. The first kappa shape index (κ1) is 20.6. The SMILES string of the molecule is C=C1[C@H]2C[C@H]3CN4C[C@@]5(C)[C@H]6[C@@H](C[C@@H](OC(=O)c7ccccc7)[C@@H]5O)[C@](O)(C2)[C@]3(C[C@@H]64)[C@@H]1O. The Morgan fingerprint density at radius 3 is 2.70 bits per heavy atom. The second-order valence-corrected chi connectivity index (χ2v) is 12.1. The summed E-state index contributed by atoms with van der Waals surface area (Å²) in [5.41, 5.74) is -0.716. The Bertz CT molecular complexity index is 1040. The minimum atomic E-state index is -1.03. The van der Waals surface area contributed by atoms with Gasteiger partial charge in [-0.15, -0.1) is 0 Å². The molecule has 1 spiro atoms. The Morgan fingerprint density at radius 1 is 1.18 bits per heavy atom. The van der Waals surface area contributed by atoms with Crippen LogP contribution in [0.1, 0.15) is 43.0 Å². The molecule has 0 aromatic heterocycles. The second-order valence-electron chi connectivity index (χ2n) is 12.1. The van der Waals surface area contributed by atoms with E-state index in [9.17, 15) is 20.1 Å². The number of hydrogen-bond donors (Lipinski definition) is 3. The molecule has 11 atom stereocenters. The predicted molar refractivity (Wildman–Crippen MR) is 120 cm³/mol. The Hall–Kier alpha value is -1.73. The predicted octanol–water partition coefficient (Wildman–Crippen LogP) is 1.99. The number of rotatable bonds is 2. The number of piperidine rings is 1. The second kappa shape index (κ2) is 6.28. The zero-order valence-electron chi connectivity index (χ0n) is 19.1. The van der Waals surface area contributed by atoms with Crippen LogP contribution < -0.4 is 0 Å². The van der Waals surface area contributed by atoms with Crippen molar-refractivity contribution < 1.29 is 24.9 Å². The first-order chi connectivity index (χ1) is 15.7. The van der Waals surface area contributed by atoms with Crippen LogP contribution in [0.25, 0.3) is 0 Å². The maximum Gasteiger partial charge on any atom is 0.338 e. The van der Waals surface area contributed by atoms with Crippen molar-refractivity contribution in [3.05, 3.63) is 48.0 Å². The molecule has 1 aromatic rings. The van der Waals surface area contributed by atoms with Gasteiger partial charge in [0.2, 0.25) is 0 Å². The van der Waals surface area contributed by atoms with Gasteiger partial charge in [0.05, 0.1) is 23.4 Å². The zero-order chi connectivity index (χ0) is 22.9. The van der Waals surface area contributed by atoms with Crippen LogP contribution in [-0.4, -0.2) is 69.2 Å². The molecule has 176 valence electrons. The summed E-state index contributed by atoms with van der Waals surface area (Å²) in [6.07, 6.45) is 0.642. The summed E-state index contributed by atoms with van der Waals surface area (Å²) >= 11 is 0. The fraction of sp³-hybridized carbons (Fsp3) is 0.667. The number of esters is 1. The molecule has 3 N–H and O–H groups in total. The van der Waals surface area contributed by atoms with E-state index in [0.717, 1.165) is 31.5 Å². The Morgan fingerprint density at radius 2 is 1.94 bits per heavy atom. The molecule has 2 saturated heterocycles. The number of carbonyl (C=O) groups is 1. The van der Waals surface area contributed by atoms with E-state index >= 15 is 0 Å². The molecule has 1 aromatic carbocycles. The maximum absolute atomic E-state index is 12.9. The van der Waals surface area contributed by atoms with E-state index < -0.39 is 40.7 Å². The standard InChI is InChI=1S/C27H33NO5/c1-14-16-8-17-12-28-13-25(2)21-18(27(32,10-16)26(17,22(14)29)11-19(21)28)9-20(23(25)30)33-24(31)15-6-4-3-5-7-15/h3-7,16-23,29-30,32H,1,8-13H2,2H3/t16-,17-,18+,19-,20+,21-,22+,23-,25-,26-,27+/m0/s1. The van der Waals surface area contributed by atoms with Crippen LogP contribution in [0.4, 0.5) is 0 Å². The number of fused-ring (bicyclic) bond motifs is 1. The van der Waals surface area contributed by atoms with Crippen molar-refractivity contribution in [2.24, 2.45) is 34.5 Å². The molecule has 7 aliphatic rings. The summed E-state index contributed by atoms with van der Waals surface area (Å²) in [4.78, 5) is 15.4. The number of hydrogen-bond acceptors (Lipinski definition) is 6. The van der Waals surface area contributed by atoms with Crippen LogP contribution in [-0.2, 0) is 4.74 Å². The number of benzene rings is 1. The molecule has 33 heavy (non-hydrogen) atoms. The normalized spacial score (nSPS) is 53.8. The lowest BCUT2D eigenvalue weighted by molar-refractivity contribution is -0.314. The summed E-state index contributed by atoms with van der Waals surface area (Å²) in [6.45, 7) is 7.96. The molecule has 7 fully saturated rings. The number of carbonyl (C=O) groups excluding carboxylic acids is 1. The summed E-state index contributed by atoms with van der Waals surface area (Å²) in [7, 11) is 0. The van der Waals surface area contributed by atoms with Gasteiger partial charge < -0.3 is 20.1 Å². The van der Waals surface area contributed by atoms with Crippen molar-refractivity contribution in [3.63, 3.8) is 0 Å². The van der Waals surface area contributed by atoms with Gasteiger partial charge in [-0.1, -0.05) is 31.7 Å². The third-order valence-electron chi connectivity index (χ3n) is 11.0. The molecule has 0 radical (unpaired) electrons. The van der Waals surface area contributed by atoms with Crippen LogP contribution in [0, 0.1) is 34.5 Å². The van der Waals surface area contributed by atoms with Crippen molar-refractivity contribution in [1.82, 2.24) is 4.90 Å². The number of nitrogens with zero attached hydrogens (tertiary/aromatic N) is 1. The van der Waals surface area contributed by atoms with Gasteiger partial charge in [-0.05, 0) is 67.1 Å². The maximum atomic E-state index is 12.9. The fourth-order valence-electron chi connectivity index (χ4n) is 9.81. The number of ether oxygens (including phenoxy) is 1. The van der Waals surface area contributed by atoms with Crippen LogP contribution in [0.3, 0.4) is 0 Å². The molecule has 0 amide bonds. The van der Waals surface area contributed by atoms with Crippen LogP contribution in [0.5, 0.6) is 0 Å². The van der Waals surface area contributed by atoms with Crippen molar-refractivity contribution in [2.45, 2.75) is 62.6 Å². The molecule has 3 bridgehead atoms. The van der Waals surface area contributed by atoms with E-state index in [0.29, 0.717) is 18.4 Å². The van der Waals surface area contributed by atoms with Gasteiger partial charge in [-0.3, -0.25) is 4.90 Å². The van der Waals surface area contributed by atoms with Crippen LogP contribution in [0.15, 0.2) is 42.5 Å². The van der Waals surface area contributed by atoms with Gasteiger partial charge in [0.15, 0.2) is 0 Å². The molecular weight excluding hydrogens is 418 g/mol. The highest BCUT2D eigenvalue weighted by molar-refractivity contribution is 5.89. The quantitative estimate of drug-likeness (QED) is 0.471. The zero-order valence-corrected chi connectivity index (χ0v) is 19.1. The molecular formula is C27H33NO5. The topological polar surface area (TPSA) is 90.2 Å². The van der Waals surface area contributed by atoms with Crippen LogP contribution >= 0.6 is 0 Å². The number of aliphatic hydroxyl groups excluding tert-OH is 2. The summed E-state index contributed by atoms with van der Waals surface area (Å²) in [6, 6.07) is 9.13. The lowest BCUT2D eigenvalue weighted by Crippen LogP contribution is -2.79. The Labute approximate surface area is 194 Å². The first-order valence-corrected chi connectivity index (χ1v) is 12.5. The first-order valence-electron chi connectivity index (χ1n) is 12.5. The summed E-state index contributed by atoms with van der Waals surface area (Å²) < 4.78 is 5.96. The monoisotopic (exact) mass is 451 g/mol. The molecule has 8 rings (SSSR count). The van der Waals surface area contributed by atoms with E-state index in [1.807, 2.05) is 6.07 Å².